The number of carbonyl (C=O) groups excluding carboxylic acids is 3. The number of hydrogen-bond donors (Lipinski definition) is 2. The van der Waals surface area contributed by atoms with Crippen molar-refractivity contribution in [3.63, 3.8) is 0 Å². The smallest absolute Gasteiger partial charge is 0.310 e. The zero-order valence-electron chi connectivity index (χ0n) is 19.9. The number of morpholine rings is 1. The number of rotatable bonds is 11. The quantitative estimate of drug-likeness (QED) is 0.259. The summed E-state index contributed by atoms with van der Waals surface area (Å²) >= 11 is 0. The van der Waals surface area contributed by atoms with Gasteiger partial charge in [0, 0.05) is 45.2 Å². The standard InChI is InChI=1S/C24H39N3O6/c1-3-17-7-8-18-20(19(17)24(31)33-4-2)23(30)27(10-5-6-14-28)21(18)22(29)25-9-11-26-12-15-32-16-13-26/h7-8,17-21,28H,3-6,9-16H2,1-2H3,(H,25,29)/t17-,18+,19-,20+,21+/m1/s1. The Morgan fingerprint density at radius 3 is 2.61 bits per heavy atom. The number of aliphatic hydroxyl groups is 1. The molecule has 0 aromatic heterocycles. The van der Waals surface area contributed by atoms with E-state index in [0.717, 1.165) is 26.1 Å². The van der Waals surface area contributed by atoms with E-state index in [0.29, 0.717) is 39.1 Å². The molecule has 9 nitrogen and oxygen atoms in total. The molecule has 2 aliphatic heterocycles. The summed E-state index contributed by atoms with van der Waals surface area (Å²) < 4.78 is 10.7. The molecule has 3 rings (SSSR count). The lowest BCUT2D eigenvalue weighted by Crippen LogP contribution is -2.49. The van der Waals surface area contributed by atoms with E-state index in [4.69, 9.17) is 9.47 Å². The summed E-state index contributed by atoms with van der Waals surface area (Å²) in [5.41, 5.74) is 0. The number of nitrogens with one attached hydrogen (secondary N) is 1. The summed E-state index contributed by atoms with van der Waals surface area (Å²) in [6.07, 6.45) is 5.83. The maximum atomic E-state index is 13.6. The van der Waals surface area contributed by atoms with Crippen molar-refractivity contribution in [2.45, 2.75) is 39.2 Å². The highest BCUT2D eigenvalue weighted by molar-refractivity contribution is 5.96. The van der Waals surface area contributed by atoms with E-state index >= 15 is 0 Å². The minimum Gasteiger partial charge on any atom is -0.466 e. The number of likely N-dealkylation sites (tertiary alicyclic amines) is 1. The molecule has 2 N–H and O–H groups in total. The average molecular weight is 466 g/mol. The number of nitrogens with zero attached hydrogens (tertiary/aromatic N) is 2. The largest absolute Gasteiger partial charge is 0.466 e. The number of carbonyl (C=O) groups is 3. The van der Waals surface area contributed by atoms with Crippen LogP contribution >= 0.6 is 0 Å². The normalized spacial score (nSPS) is 29.7. The number of hydrogen-bond acceptors (Lipinski definition) is 7. The van der Waals surface area contributed by atoms with Crippen molar-refractivity contribution in [1.82, 2.24) is 15.1 Å². The molecular formula is C24H39N3O6. The number of ether oxygens (including phenoxy) is 2. The fourth-order valence-electron chi connectivity index (χ4n) is 5.35. The Morgan fingerprint density at radius 2 is 1.94 bits per heavy atom. The second-order valence-corrected chi connectivity index (χ2v) is 8.99. The Balaban J connectivity index is 1.77. The van der Waals surface area contributed by atoms with Crippen molar-refractivity contribution in [1.29, 1.82) is 0 Å². The molecule has 0 bridgehead atoms. The zero-order valence-corrected chi connectivity index (χ0v) is 19.9. The summed E-state index contributed by atoms with van der Waals surface area (Å²) in [4.78, 5) is 43.6. The van der Waals surface area contributed by atoms with Gasteiger partial charge in [-0.15, -0.1) is 0 Å². The van der Waals surface area contributed by atoms with Crippen molar-refractivity contribution in [3.05, 3.63) is 12.2 Å². The van der Waals surface area contributed by atoms with Crippen molar-refractivity contribution in [2.75, 3.05) is 59.2 Å². The molecule has 0 spiro atoms. The van der Waals surface area contributed by atoms with Crippen molar-refractivity contribution < 1.29 is 29.0 Å². The van der Waals surface area contributed by atoms with E-state index in [1.165, 1.54) is 0 Å². The fourth-order valence-corrected chi connectivity index (χ4v) is 5.35. The van der Waals surface area contributed by atoms with Crippen LogP contribution in [-0.4, -0.2) is 97.9 Å². The molecule has 186 valence electrons. The van der Waals surface area contributed by atoms with Gasteiger partial charge in [0.2, 0.25) is 11.8 Å². The first-order chi connectivity index (χ1) is 16.0. The molecule has 2 saturated heterocycles. The predicted molar refractivity (Wildman–Crippen MR) is 122 cm³/mol. The number of fused-ring (bicyclic) bond motifs is 1. The molecule has 0 radical (unpaired) electrons. The van der Waals surface area contributed by atoms with Crippen LogP contribution in [-0.2, 0) is 23.9 Å². The molecule has 2 heterocycles. The van der Waals surface area contributed by atoms with Gasteiger partial charge in [0.1, 0.15) is 6.04 Å². The molecule has 9 heteroatoms. The van der Waals surface area contributed by atoms with Gasteiger partial charge in [0.05, 0.1) is 31.7 Å². The van der Waals surface area contributed by atoms with E-state index in [2.05, 4.69) is 10.2 Å². The van der Waals surface area contributed by atoms with Crippen molar-refractivity contribution in [3.8, 4) is 0 Å². The molecule has 3 aliphatic rings. The summed E-state index contributed by atoms with van der Waals surface area (Å²) in [6, 6.07) is -0.656. The number of esters is 1. The minimum absolute atomic E-state index is 0.0363. The van der Waals surface area contributed by atoms with Gasteiger partial charge in [-0.25, -0.2) is 0 Å². The molecule has 0 unspecified atom stereocenters. The molecule has 5 atom stereocenters. The van der Waals surface area contributed by atoms with E-state index in [1.54, 1.807) is 11.8 Å². The lowest BCUT2D eigenvalue weighted by Gasteiger charge is -2.33. The molecule has 2 fully saturated rings. The van der Waals surface area contributed by atoms with Crippen LogP contribution in [0.1, 0.15) is 33.1 Å². The van der Waals surface area contributed by atoms with E-state index in [-0.39, 0.29) is 42.8 Å². The molecule has 0 aromatic rings. The first-order valence-corrected chi connectivity index (χ1v) is 12.4. The number of unbranched alkanes of at least 4 members (excludes halogenated alkanes) is 1. The Labute approximate surface area is 196 Å². The van der Waals surface area contributed by atoms with Crippen LogP contribution in [0.5, 0.6) is 0 Å². The monoisotopic (exact) mass is 465 g/mol. The van der Waals surface area contributed by atoms with E-state index < -0.39 is 17.9 Å². The van der Waals surface area contributed by atoms with Gasteiger partial charge in [-0.2, -0.15) is 0 Å². The molecule has 0 saturated carbocycles. The van der Waals surface area contributed by atoms with E-state index in [1.807, 2.05) is 19.1 Å². The third kappa shape index (κ3) is 5.94. The van der Waals surface area contributed by atoms with Gasteiger partial charge in [-0.1, -0.05) is 19.1 Å². The number of amides is 2. The average Bonchev–Trinajstić information content (AvgIpc) is 3.11. The SMILES string of the molecule is CCOC(=O)[C@H]1[C@H]2C(=O)N(CCCCO)[C@H](C(=O)NCCN3CCOCC3)[C@H]2C=C[C@H]1CC. The Kier molecular flexibility index (Phi) is 9.70. The van der Waals surface area contributed by atoms with Gasteiger partial charge in [0.15, 0.2) is 0 Å². The lowest BCUT2D eigenvalue weighted by atomic mass is 9.69. The molecule has 2 amide bonds. The maximum Gasteiger partial charge on any atom is 0.310 e. The Morgan fingerprint density at radius 1 is 1.18 bits per heavy atom. The van der Waals surface area contributed by atoms with Crippen LogP contribution in [0.15, 0.2) is 12.2 Å². The topological polar surface area (TPSA) is 108 Å². The molecular weight excluding hydrogens is 426 g/mol. The van der Waals surface area contributed by atoms with Gasteiger partial charge in [0.25, 0.3) is 0 Å². The lowest BCUT2D eigenvalue weighted by molar-refractivity contribution is -0.155. The van der Waals surface area contributed by atoms with Crippen LogP contribution < -0.4 is 5.32 Å². The minimum atomic E-state index is -0.656. The third-order valence-electron chi connectivity index (χ3n) is 7.05. The number of aliphatic hydroxyl groups excluding tert-OH is 1. The van der Waals surface area contributed by atoms with Gasteiger partial charge >= 0.3 is 5.97 Å². The van der Waals surface area contributed by atoms with Crippen LogP contribution in [0.2, 0.25) is 0 Å². The molecule has 1 aliphatic carbocycles. The molecule has 33 heavy (non-hydrogen) atoms. The van der Waals surface area contributed by atoms with Crippen molar-refractivity contribution in [2.24, 2.45) is 23.7 Å². The summed E-state index contributed by atoms with van der Waals surface area (Å²) in [6.45, 7) is 8.75. The maximum absolute atomic E-state index is 13.6. The third-order valence-corrected chi connectivity index (χ3v) is 7.05. The van der Waals surface area contributed by atoms with Gasteiger partial charge < -0.3 is 24.8 Å². The van der Waals surface area contributed by atoms with E-state index in [9.17, 15) is 19.5 Å². The predicted octanol–water partition coefficient (Wildman–Crippen LogP) is 0.426. The van der Waals surface area contributed by atoms with Crippen LogP contribution in [0.4, 0.5) is 0 Å². The van der Waals surface area contributed by atoms with Crippen LogP contribution in [0.3, 0.4) is 0 Å². The molecule has 0 aromatic carbocycles. The highest BCUT2D eigenvalue weighted by Gasteiger charge is 2.57. The highest BCUT2D eigenvalue weighted by Crippen LogP contribution is 2.45. The summed E-state index contributed by atoms with van der Waals surface area (Å²) in [5.74, 6) is -2.33. The number of allylic oxidation sites excluding steroid dienone is 1. The summed E-state index contributed by atoms with van der Waals surface area (Å²) in [5, 5.41) is 12.2. The van der Waals surface area contributed by atoms with Crippen molar-refractivity contribution >= 4 is 17.8 Å². The highest BCUT2D eigenvalue weighted by atomic mass is 16.5. The van der Waals surface area contributed by atoms with Crippen LogP contribution in [0.25, 0.3) is 0 Å². The van der Waals surface area contributed by atoms with Crippen LogP contribution in [0, 0.1) is 23.7 Å². The Bertz CT molecular complexity index is 708. The fraction of sp³-hybridized carbons (Fsp3) is 0.792. The van der Waals surface area contributed by atoms with Gasteiger partial charge in [-0.05, 0) is 32.1 Å². The van der Waals surface area contributed by atoms with Gasteiger partial charge in [-0.3, -0.25) is 19.3 Å². The first kappa shape index (κ1) is 25.6. The second-order valence-electron chi connectivity index (χ2n) is 8.99. The zero-order chi connectivity index (χ0) is 23.8. The Hall–Kier alpha value is -1.97. The second kappa shape index (κ2) is 12.5. The first-order valence-electron chi connectivity index (χ1n) is 12.4. The summed E-state index contributed by atoms with van der Waals surface area (Å²) in [7, 11) is 0.